The van der Waals surface area contributed by atoms with Gasteiger partial charge in [0.05, 0.1) is 16.8 Å². The van der Waals surface area contributed by atoms with Gasteiger partial charge in [0.2, 0.25) is 0 Å². The number of ether oxygens (including phenoxy) is 1. The molecule has 0 spiro atoms. The largest absolute Gasteiger partial charge is 0.494 e. The third-order valence-corrected chi connectivity index (χ3v) is 9.55. The van der Waals surface area contributed by atoms with Crippen molar-refractivity contribution < 1.29 is 13.2 Å². The summed E-state index contributed by atoms with van der Waals surface area (Å²) in [6.45, 7) is 3.47. The Balaban J connectivity index is 1.30. The predicted octanol–water partition coefficient (Wildman–Crippen LogP) is 4.84. The SMILES string of the molecule is CCCCCOc1ccc(S(=O)(=O)[C@@H]2[C@@H](NCc3ccc4ccccc4c3)[C@@H]3CC[C@H]2N3)cc1. The van der Waals surface area contributed by atoms with Crippen LogP contribution in [0.5, 0.6) is 5.75 Å². The van der Waals surface area contributed by atoms with Crippen LogP contribution in [0.4, 0.5) is 0 Å². The van der Waals surface area contributed by atoms with Crippen LogP contribution < -0.4 is 15.4 Å². The number of fused-ring (bicyclic) bond motifs is 3. The number of benzene rings is 3. The molecule has 5 rings (SSSR count). The normalized spacial score (nSPS) is 24.0. The van der Waals surface area contributed by atoms with E-state index in [2.05, 4.69) is 47.9 Å². The fraction of sp³-hybridized carbons (Fsp3) is 0.429. The van der Waals surface area contributed by atoms with E-state index in [0.29, 0.717) is 18.0 Å². The molecular formula is C28H34N2O3S. The fourth-order valence-corrected chi connectivity index (χ4v) is 7.65. The summed E-state index contributed by atoms with van der Waals surface area (Å²) in [5.74, 6) is 0.729. The molecule has 3 aromatic carbocycles. The Morgan fingerprint density at radius 3 is 2.50 bits per heavy atom. The van der Waals surface area contributed by atoms with E-state index < -0.39 is 15.1 Å². The zero-order valence-corrected chi connectivity index (χ0v) is 20.6. The average molecular weight is 479 g/mol. The monoisotopic (exact) mass is 478 g/mol. The molecule has 2 aliphatic heterocycles. The van der Waals surface area contributed by atoms with Crippen LogP contribution in [0.3, 0.4) is 0 Å². The van der Waals surface area contributed by atoms with Gasteiger partial charge in [-0.2, -0.15) is 0 Å². The summed E-state index contributed by atoms with van der Waals surface area (Å²) in [4.78, 5) is 0.380. The molecule has 2 heterocycles. The van der Waals surface area contributed by atoms with Crippen molar-refractivity contribution in [2.45, 2.75) is 73.8 Å². The standard InChI is InChI=1S/C28H34N2O3S/c1-2-3-6-17-33-23-11-13-24(14-12-23)34(31,32)28-26-16-15-25(30-26)27(28)29-19-20-9-10-21-7-4-5-8-22(21)18-20/h4-5,7-14,18,25-30H,2-3,6,15-17,19H2,1H3/t25-,26+,27-,28-/m0/s1. The van der Waals surface area contributed by atoms with Gasteiger partial charge in [-0.15, -0.1) is 0 Å². The molecule has 5 nitrogen and oxygen atoms in total. The number of unbranched alkanes of at least 4 members (excludes halogenated alkanes) is 2. The Hall–Kier alpha value is -2.41. The molecule has 2 fully saturated rings. The zero-order valence-electron chi connectivity index (χ0n) is 19.7. The highest BCUT2D eigenvalue weighted by Crippen LogP contribution is 2.36. The second-order valence-electron chi connectivity index (χ2n) is 9.58. The molecule has 2 aliphatic rings. The van der Waals surface area contributed by atoms with Gasteiger partial charge in [0, 0.05) is 24.7 Å². The van der Waals surface area contributed by atoms with Crippen LogP contribution in [0, 0.1) is 0 Å². The first kappa shape index (κ1) is 23.3. The number of sulfone groups is 1. The summed E-state index contributed by atoms with van der Waals surface area (Å²) in [7, 11) is -3.48. The van der Waals surface area contributed by atoms with Gasteiger partial charge in [0.25, 0.3) is 0 Å². The van der Waals surface area contributed by atoms with Crippen molar-refractivity contribution in [3.05, 3.63) is 72.3 Å². The smallest absolute Gasteiger partial charge is 0.184 e. The van der Waals surface area contributed by atoms with Crippen molar-refractivity contribution >= 4 is 20.6 Å². The molecule has 6 heteroatoms. The van der Waals surface area contributed by atoms with Crippen LogP contribution in [0.1, 0.15) is 44.6 Å². The van der Waals surface area contributed by atoms with Crippen LogP contribution in [-0.4, -0.2) is 38.4 Å². The van der Waals surface area contributed by atoms with Crippen LogP contribution in [0.25, 0.3) is 10.8 Å². The number of nitrogens with one attached hydrogen (secondary N) is 2. The highest BCUT2D eigenvalue weighted by atomic mass is 32.2. The Morgan fingerprint density at radius 1 is 0.941 bits per heavy atom. The summed E-state index contributed by atoms with van der Waals surface area (Å²) in [6, 6.07) is 21.8. The van der Waals surface area contributed by atoms with E-state index in [0.717, 1.165) is 37.9 Å². The number of hydrogen-bond donors (Lipinski definition) is 2. The lowest BCUT2D eigenvalue weighted by Gasteiger charge is -2.30. The van der Waals surface area contributed by atoms with E-state index in [1.807, 2.05) is 12.1 Å². The maximum Gasteiger partial charge on any atom is 0.184 e. The average Bonchev–Trinajstić information content (AvgIpc) is 3.48. The Labute approximate surface area is 202 Å². The van der Waals surface area contributed by atoms with Gasteiger partial charge in [-0.1, -0.05) is 56.2 Å². The topological polar surface area (TPSA) is 67.4 Å². The molecule has 180 valence electrons. The lowest BCUT2D eigenvalue weighted by atomic mass is 9.94. The van der Waals surface area contributed by atoms with E-state index in [4.69, 9.17) is 4.74 Å². The third kappa shape index (κ3) is 4.72. The van der Waals surface area contributed by atoms with Crippen molar-refractivity contribution in [2.24, 2.45) is 0 Å². The quantitative estimate of drug-likeness (QED) is 0.408. The summed E-state index contributed by atoms with van der Waals surface area (Å²) < 4.78 is 33.2. The Kier molecular flexibility index (Phi) is 6.91. The molecule has 0 unspecified atom stereocenters. The fourth-order valence-electron chi connectivity index (χ4n) is 5.50. The molecule has 2 N–H and O–H groups in total. The Bertz CT molecular complexity index is 1230. The second-order valence-corrected chi connectivity index (χ2v) is 11.7. The first-order chi connectivity index (χ1) is 16.6. The molecule has 0 aromatic heterocycles. The maximum atomic E-state index is 13.7. The van der Waals surface area contributed by atoms with E-state index in [9.17, 15) is 8.42 Å². The molecule has 3 aromatic rings. The second kappa shape index (κ2) is 10.1. The molecular weight excluding hydrogens is 444 g/mol. The van der Waals surface area contributed by atoms with Crippen molar-refractivity contribution in [1.82, 2.24) is 10.6 Å². The van der Waals surface area contributed by atoms with E-state index in [1.165, 1.54) is 16.3 Å². The van der Waals surface area contributed by atoms with Gasteiger partial charge >= 0.3 is 0 Å². The first-order valence-corrected chi connectivity index (χ1v) is 14.0. The van der Waals surface area contributed by atoms with Crippen molar-refractivity contribution in [3.63, 3.8) is 0 Å². The predicted molar refractivity (Wildman–Crippen MR) is 137 cm³/mol. The molecule has 0 radical (unpaired) electrons. The molecule has 34 heavy (non-hydrogen) atoms. The summed E-state index contributed by atoms with van der Waals surface area (Å²) in [5.41, 5.74) is 1.17. The minimum absolute atomic E-state index is 0.00549. The lowest BCUT2D eigenvalue weighted by Crippen LogP contribution is -2.50. The van der Waals surface area contributed by atoms with Crippen LogP contribution in [0.15, 0.2) is 71.6 Å². The maximum absolute atomic E-state index is 13.7. The molecule has 4 atom stereocenters. The number of hydrogen-bond acceptors (Lipinski definition) is 5. The minimum atomic E-state index is -3.48. The van der Waals surface area contributed by atoms with Crippen LogP contribution in [0.2, 0.25) is 0 Å². The first-order valence-electron chi connectivity index (χ1n) is 12.5. The van der Waals surface area contributed by atoms with Crippen molar-refractivity contribution in [2.75, 3.05) is 6.61 Å². The zero-order chi connectivity index (χ0) is 23.5. The summed E-state index contributed by atoms with van der Waals surface area (Å²) >= 11 is 0. The molecule has 0 amide bonds. The summed E-state index contributed by atoms with van der Waals surface area (Å²) in [6.07, 6.45) is 5.21. The highest BCUT2D eigenvalue weighted by Gasteiger charge is 2.53. The molecule has 0 saturated carbocycles. The van der Waals surface area contributed by atoms with Crippen molar-refractivity contribution in [1.29, 1.82) is 0 Å². The molecule has 2 bridgehead atoms. The van der Waals surface area contributed by atoms with Gasteiger partial charge in [0.1, 0.15) is 5.75 Å². The minimum Gasteiger partial charge on any atom is -0.494 e. The van der Waals surface area contributed by atoms with Gasteiger partial charge < -0.3 is 15.4 Å². The van der Waals surface area contributed by atoms with Crippen molar-refractivity contribution in [3.8, 4) is 5.75 Å². The molecule has 2 saturated heterocycles. The van der Waals surface area contributed by atoms with Crippen LogP contribution in [-0.2, 0) is 16.4 Å². The van der Waals surface area contributed by atoms with E-state index in [-0.39, 0.29) is 18.1 Å². The van der Waals surface area contributed by atoms with E-state index >= 15 is 0 Å². The van der Waals surface area contributed by atoms with E-state index in [1.54, 1.807) is 24.3 Å². The lowest BCUT2D eigenvalue weighted by molar-refractivity contribution is 0.306. The summed E-state index contributed by atoms with van der Waals surface area (Å²) in [5, 5.41) is 9.11. The van der Waals surface area contributed by atoms with Gasteiger partial charge in [-0.3, -0.25) is 0 Å². The highest BCUT2D eigenvalue weighted by molar-refractivity contribution is 7.92. The van der Waals surface area contributed by atoms with Gasteiger partial charge in [0.15, 0.2) is 9.84 Å². The number of rotatable bonds is 10. The third-order valence-electron chi connectivity index (χ3n) is 7.28. The Morgan fingerprint density at radius 2 is 1.71 bits per heavy atom. The molecule has 0 aliphatic carbocycles. The van der Waals surface area contributed by atoms with Gasteiger partial charge in [-0.05, 0) is 65.9 Å². The van der Waals surface area contributed by atoms with Crippen LogP contribution >= 0.6 is 0 Å². The van der Waals surface area contributed by atoms with Gasteiger partial charge in [-0.25, -0.2) is 8.42 Å².